The number of rotatable bonds is 3. The van der Waals surface area contributed by atoms with E-state index in [4.69, 9.17) is 0 Å². The topological polar surface area (TPSA) is 24.9 Å². The van der Waals surface area contributed by atoms with Crippen molar-refractivity contribution in [3.8, 4) is 0 Å². The zero-order valence-corrected chi connectivity index (χ0v) is 11.0. The van der Waals surface area contributed by atoms with Crippen molar-refractivity contribution >= 4 is 11.3 Å². The molecule has 2 aromatic rings. The highest BCUT2D eigenvalue weighted by atomic mass is 32.1. The van der Waals surface area contributed by atoms with E-state index in [-0.39, 0.29) is 11.9 Å². The van der Waals surface area contributed by atoms with Gasteiger partial charge < -0.3 is 5.32 Å². The fraction of sp³-hybridized carbons (Fsp3) is 0.357. The Bertz CT molecular complexity index is 539. The number of hydrogen-bond donors (Lipinski definition) is 1. The Morgan fingerprint density at radius 3 is 3.17 bits per heavy atom. The van der Waals surface area contributed by atoms with Gasteiger partial charge in [0.1, 0.15) is 10.8 Å². The Morgan fingerprint density at radius 2 is 2.39 bits per heavy atom. The van der Waals surface area contributed by atoms with Gasteiger partial charge in [-0.25, -0.2) is 9.37 Å². The van der Waals surface area contributed by atoms with Crippen molar-refractivity contribution in [1.29, 1.82) is 0 Å². The number of nitrogens with one attached hydrogen (secondary N) is 1. The first-order valence-corrected chi connectivity index (χ1v) is 7.06. The van der Waals surface area contributed by atoms with Gasteiger partial charge in [0.2, 0.25) is 0 Å². The predicted molar refractivity (Wildman–Crippen MR) is 71.1 cm³/mol. The largest absolute Gasteiger partial charge is 0.301 e. The van der Waals surface area contributed by atoms with Crippen molar-refractivity contribution in [3.63, 3.8) is 0 Å². The molecule has 1 aliphatic carbocycles. The lowest BCUT2D eigenvalue weighted by Gasteiger charge is -2.18. The second kappa shape index (κ2) is 4.78. The number of hydrogen-bond acceptors (Lipinski definition) is 3. The molecule has 2 atom stereocenters. The Morgan fingerprint density at radius 1 is 1.50 bits per heavy atom. The van der Waals surface area contributed by atoms with Crippen molar-refractivity contribution in [2.24, 2.45) is 0 Å². The lowest BCUT2D eigenvalue weighted by molar-refractivity contribution is 0.463. The molecule has 0 saturated heterocycles. The number of fused-ring (bicyclic) bond motifs is 1. The summed E-state index contributed by atoms with van der Waals surface area (Å²) in [5.41, 5.74) is 2.37. The molecule has 18 heavy (non-hydrogen) atoms. The van der Waals surface area contributed by atoms with E-state index < -0.39 is 0 Å². The number of aryl methyl sites for hydroxylation is 1. The van der Waals surface area contributed by atoms with E-state index in [0.717, 1.165) is 23.4 Å². The molecule has 1 N–H and O–H groups in total. The fourth-order valence-corrected chi connectivity index (χ4v) is 3.24. The molecule has 1 aromatic carbocycles. The summed E-state index contributed by atoms with van der Waals surface area (Å²) in [6, 6.07) is 5.67. The summed E-state index contributed by atoms with van der Waals surface area (Å²) in [5, 5.41) is 6.68. The SMILES string of the molecule is CC(NC1CCc2cc(F)ccc21)c1nccs1. The van der Waals surface area contributed by atoms with Crippen molar-refractivity contribution in [3.05, 3.63) is 51.7 Å². The summed E-state index contributed by atoms with van der Waals surface area (Å²) >= 11 is 1.66. The van der Waals surface area contributed by atoms with Gasteiger partial charge in [0.15, 0.2) is 0 Å². The van der Waals surface area contributed by atoms with E-state index in [9.17, 15) is 4.39 Å². The molecule has 0 saturated carbocycles. The number of aromatic nitrogens is 1. The minimum Gasteiger partial charge on any atom is -0.301 e. The van der Waals surface area contributed by atoms with Gasteiger partial charge in [0, 0.05) is 17.6 Å². The number of benzene rings is 1. The summed E-state index contributed by atoms with van der Waals surface area (Å²) in [6.07, 6.45) is 3.82. The normalized spacial score (nSPS) is 19.8. The highest BCUT2D eigenvalue weighted by Gasteiger charge is 2.24. The summed E-state index contributed by atoms with van der Waals surface area (Å²) in [7, 11) is 0. The van der Waals surface area contributed by atoms with Crippen LogP contribution in [0.1, 0.15) is 41.6 Å². The molecule has 3 rings (SSSR count). The highest BCUT2D eigenvalue weighted by molar-refractivity contribution is 7.09. The summed E-state index contributed by atoms with van der Waals surface area (Å²) in [6.45, 7) is 2.13. The quantitative estimate of drug-likeness (QED) is 0.913. The molecule has 1 aromatic heterocycles. The van der Waals surface area contributed by atoms with Crippen molar-refractivity contribution in [2.45, 2.75) is 31.8 Å². The van der Waals surface area contributed by atoms with Crippen LogP contribution < -0.4 is 5.32 Å². The molecule has 0 amide bonds. The van der Waals surface area contributed by atoms with Gasteiger partial charge in [0.05, 0.1) is 6.04 Å². The molecule has 2 nitrogen and oxygen atoms in total. The first kappa shape index (κ1) is 11.8. The molecular weight excluding hydrogens is 247 g/mol. The third-order valence-corrected chi connectivity index (χ3v) is 4.41. The maximum Gasteiger partial charge on any atom is 0.123 e. The van der Waals surface area contributed by atoms with Gasteiger partial charge in [0.25, 0.3) is 0 Å². The van der Waals surface area contributed by atoms with Gasteiger partial charge in [-0.2, -0.15) is 0 Å². The van der Waals surface area contributed by atoms with E-state index in [0.29, 0.717) is 6.04 Å². The second-order valence-corrected chi connectivity index (χ2v) is 5.62. The minimum atomic E-state index is -0.137. The summed E-state index contributed by atoms with van der Waals surface area (Å²) in [5.74, 6) is -0.137. The first-order valence-electron chi connectivity index (χ1n) is 6.18. The van der Waals surface area contributed by atoms with Crippen LogP contribution in [-0.4, -0.2) is 4.98 Å². The van der Waals surface area contributed by atoms with Gasteiger partial charge in [-0.15, -0.1) is 11.3 Å². The Labute approximate surface area is 110 Å². The molecule has 1 aliphatic rings. The molecule has 0 aliphatic heterocycles. The van der Waals surface area contributed by atoms with Crippen LogP contribution in [0.5, 0.6) is 0 Å². The van der Waals surface area contributed by atoms with E-state index in [1.807, 2.05) is 17.6 Å². The molecule has 1 heterocycles. The average molecular weight is 262 g/mol. The lowest BCUT2D eigenvalue weighted by Crippen LogP contribution is -2.22. The van der Waals surface area contributed by atoms with Gasteiger partial charge in [-0.3, -0.25) is 0 Å². The van der Waals surface area contributed by atoms with Crippen LogP contribution in [0.3, 0.4) is 0 Å². The van der Waals surface area contributed by atoms with E-state index >= 15 is 0 Å². The average Bonchev–Trinajstić information content (AvgIpc) is 2.98. The van der Waals surface area contributed by atoms with Crippen LogP contribution in [-0.2, 0) is 6.42 Å². The third-order valence-electron chi connectivity index (χ3n) is 3.46. The molecule has 4 heteroatoms. The number of halogens is 1. The molecule has 0 bridgehead atoms. The standard InChI is InChI=1S/C14H15FN2S/c1-9(14-16-6-7-18-14)17-13-5-2-10-8-11(15)3-4-12(10)13/h3-4,6-9,13,17H,2,5H2,1H3. The highest BCUT2D eigenvalue weighted by Crippen LogP contribution is 2.33. The van der Waals surface area contributed by atoms with E-state index in [1.165, 1.54) is 5.56 Å². The van der Waals surface area contributed by atoms with Gasteiger partial charge >= 0.3 is 0 Å². The zero-order chi connectivity index (χ0) is 12.5. The van der Waals surface area contributed by atoms with Crippen LogP contribution in [0.2, 0.25) is 0 Å². The number of thiazole rings is 1. The van der Waals surface area contributed by atoms with Crippen molar-refractivity contribution in [1.82, 2.24) is 10.3 Å². The predicted octanol–water partition coefficient (Wildman–Crippen LogP) is 3.62. The van der Waals surface area contributed by atoms with Crippen molar-refractivity contribution in [2.75, 3.05) is 0 Å². The number of nitrogens with zero attached hydrogens (tertiary/aromatic N) is 1. The molecule has 0 fully saturated rings. The Balaban J connectivity index is 1.77. The zero-order valence-electron chi connectivity index (χ0n) is 10.2. The van der Waals surface area contributed by atoms with Crippen LogP contribution >= 0.6 is 11.3 Å². The van der Waals surface area contributed by atoms with Crippen LogP contribution in [0.15, 0.2) is 29.8 Å². The minimum absolute atomic E-state index is 0.137. The summed E-state index contributed by atoms with van der Waals surface area (Å²) < 4.78 is 13.1. The monoisotopic (exact) mass is 262 g/mol. The molecule has 0 radical (unpaired) electrons. The summed E-state index contributed by atoms with van der Waals surface area (Å²) in [4.78, 5) is 4.32. The van der Waals surface area contributed by atoms with E-state index in [1.54, 1.807) is 23.5 Å². The van der Waals surface area contributed by atoms with Gasteiger partial charge in [-0.1, -0.05) is 6.07 Å². The Kier molecular flexibility index (Phi) is 3.14. The third kappa shape index (κ3) is 2.18. The van der Waals surface area contributed by atoms with Crippen LogP contribution in [0.25, 0.3) is 0 Å². The smallest absolute Gasteiger partial charge is 0.123 e. The lowest BCUT2D eigenvalue weighted by atomic mass is 10.1. The first-order chi connectivity index (χ1) is 8.74. The van der Waals surface area contributed by atoms with Crippen LogP contribution in [0, 0.1) is 5.82 Å². The second-order valence-electron chi connectivity index (χ2n) is 4.69. The Hall–Kier alpha value is -1.26. The van der Waals surface area contributed by atoms with Crippen molar-refractivity contribution < 1.29 is 4.39 Å². The fourth-order valence-electron chi connectivity index (χ4n) is 2.58. The molecule has 0 spiro atoms. The van der Waals surface area contributed by atoms with Gasteiger partial charge in [-0.05, 0) is 43.0 Å². The van der Waals surface area contributed by atoms with Crippen LogP contribution in [0.4, 0.5) is 4.39 Å². The molecular formula is C14H15FN2S. The maximum absolute atomic E-state index is 13.1. The molecule has 94 valence electrons. The maximum atomic E-state index is 13.1. The van der Waals surface area contributed by atoms with E-state index in [2.05, 4.69) is 17.2 Å². The molecule has 2 unspecified atom stereocenters.